The average Bonchev–Trinajstić information content (AvgIpc) is 2.78. The molecular formula is C22H23Cl2N3O5. The normalized spacial score (nSPS) is 13.1. The highest BCUT2D eigenvalue weighted by Crippen LogP contribution is 2.32. The Morgan fingerprint density at radius 3 is 2.53 bits per heavy atom. The van der Waals surface area contributed by atoms with Gasteiger partial charge in [-0.1, -0.05) is 29.3 Å². The molecule has 2 aromatic rings. The van der Waals surface area contributed by atoms with Crippen LogP contribution < -0.4 is 20.1 Å². The van der Waals surface area contributed by atoms with Crippen molar-refractivity contribution in [2.45, 2.75) is 19.9 Å². The van der Waals surface area contributed by atoms with Crippen molar-refractivity contribution in [2.75, 3.05) is 31.6 Å². The van der Waals surface area contributed by atoms with Crippen molar-refractivity contribution >= 4 is 46.6 Å². The van der Waals surface area contributed by atoms with Crippen LogP contribution in [-0.4, -0.2) is 55.0 Å². The van der Waals surface area contributed by atoms with Crippen LogP contribution in [0.25, 0.3) is 0 Å². The van der Waals surface area contributed by atoms with Gasteiger partial charge in [-0.3, -0.25) is 14.4 Å². The van der Waals surface area contributed by atoms with Crippen molar-refractivity contribution < 1.29 is 23.9 Å². The predicted octanol–water partition coefficient (Wildman–Crippen LogP) is 3.37. The van der Waals surface area contributed by atoms with Crippen molar-refractivity contribution in [3.63, 3.8) is 0 Å². The second kappa shape index (κ2) is 10.6. The van der Waals surface area contributed by atoms with Gasteiger partial charge in [-0.05, 0) is 38.1 Å². The Bertz CT molecular complexity index is 1030. The summed E-state index contributed by atoms with van der Waals surface area (Å²) in [6.45, 7) is 4.31. The van der Waals surface area contributed by atoms with Crippen LogP contribution in [0.4, 0.5) is 5.69 Å². The number of rotatable bonds is 7. The first-order valence-corrected chi connectivity index (χ1v) is 10.8. The summed E-state index contributed by atoms with van der Waals surface area (Å²) >= 11 is 12.0. The first-order valence-electron chi connectivity index (χ1n) is 10.0. The summed E-state index contributed by atoms with van der Waals surface area (Å²) in [5.41, 5.74) is 0.693. The van der Waals surface area contributed by atoms with Gasteiger partial charge in [0, 0.05) is 18.3 Å². The van der Waals surface area contributed by atoms with E-state index in [1.807, 2.05) is 0 Å². The van der Waals surface area contributed by atoms with Crippen LogP contribution in [0, 0.1) is 0 Å². The number of carbonyl (C=O) groups excluding carboxylic acids is 3. The van der Waals surface area contributed by atoms with Gasteiger partial charge in [0.2, 0.25) is 11.8 Å². The Balaban J connectivity index is 1.59. The van der Waals surface area contributed by atoms with Crippen molar-refractivity contribution in [3.05, 3.63) is 52.0 Å². The summed E-state index contributed by atoms with van der Waals surface area (Å²) in [6, 6.07) is 8.87. The van der Waals surface area contributed by atoms with Crippen molar-refractivity contribution in [2.24, 2.45) is 0 Å². The molecule has 1 aliphatic rings. The molecule has 0 radical (unpaired) electrons. The molecular weight excluding hydrogens is 457 g/mol. The summed E-state index contributed by atoms with van der Waals surface area (Å²) in [5, 5.41) is 5.69. The van der Waals surface area contributed by atoms with Crippen LogP contribution in [0.1, 0.15) is 24.2 Å². The summed E-state index contributed by atoms with van der Waals surface area (Å²) in [7, 11) is 0. The number of ether oxygens (including phenoxy) is 2. The number of hydrogen-bond donors (Lipinski definition) is 2. The third-order valence-corrected chi connectivity index (χ3v) is 5.59. The molecule has 3 amide bonds. The average molecular weight is 480 g/mol. The van der Waals surface area contributed by atoms with Gasteiger partial charge in [0.1, 0.15) is 19.3 Å². The van der Waals surface area contributed by atoms with E-state index in [4.69, 9.17) is 32.7 Å². The minimum absolute atomic E-state index is 0.109. The maximum atomic E-state index is 12.8. The fraction of sp³-hybridized carbons (Fsp3) is 0.318. The largest absolute Gasteiger partial charge is 0.486 e. The van der Waals surface area contributed by atoms with E-state index in [0.29, 0.717) is 30.4 Å². The summed E-state index contributed by atoms with van der Waals surface area (Å²) in [4.78, 5) is 39.2. The number of amides is 3. The van der Waals surface area contributed by atoms with Gasteiger partial charge in [0.15, 0.2) is 11.5 Å². The van der Waals surface area contributed by atoms with Gasteiger partial charge in [0.25, 0.3) is 5.91 Å². The monoisotopic (exact) mass is 479 g/mol. The zero-order valence-corrected chi connectivity index (χ0v) is 19.1. The molecule has 1 heterocycles. The van der Waals surface area contributed by atoms with Gasteiger partial charge < -0.3 is 25.0 Å². The molecule has 0 aromatic heterocycles. The molecule has 2 aromatic carbocycles. The number of hydrogen-bond acceptors (Lipinski definition) is 5. The Kier molecular flexibility index (Phi) is 7.82. The van der Waals surface area contributed by atoms with E-state index in [0.717, 1.165) is 0 Å². The van der Waals surface area contributed by atoms with Gasteiger partial charge in [-0.25, -0.2) is 0 Å². The second-order valence-corrected chi connectivity index (χ2v) is 7.84. The molecule has 8 nitrogen and oxygen atoms in total. The molecule has 32 heavy (non-hydrogen) atoms. The van der Waals surface area contributed by atoms with Crippen molar-refractivity contribution in [1.82, 2.24) is 10.2 Å². The molecule has 0 aliphatic carbocycles. The zero-order valence-electron chi connectivity index (χ0n) is 17.6. The fourth-order valence-corrected chi connectivity index (χ4v) is 3.52. The molecule has 0 spiro atoms. The number of likely N-dealkylation sites (N-methyl/N-ethyl adjacent to an activating group) is 1. The van der Waals surface area contributed by atoms with E-state index in [1.165, 1.54) is 11.0 Å². The highest BCUT2D eigenvalue weighted by molar-refractivity contribution is 6.43. The van der Waals surface area contributed by atoms with E-state index in [-0.39, 0.29) is 34.6 Å². The summed E-state index contributed by atoms with van der Waals surface area (Å²) in [6.07, 6.45) is 0. The van der Waals surface area contributed by atoms with Gasteiger partial charge in [0.05, 0.1) is 22.2 Å². The Morgan fingerprint density at radius 1 is 1.09 bits per heavy atom. The number of nitrogens with one attached hydrogen (secondary N) is 2. The van der Waals surface area contributed by atoms with Crippen LogP contribution in [0.5, 0.6) is 11.5 Å². The highest BCUT2D eigenvalue weighted by Gasteiger charge is 2.24. The van der Waals surface area contributed by atoms with Crippen molar-refractivity contribution in [3.8, 4) is 11.5 Å². The van der Waals surface area contributed by atoms with Crippen molar-refractivity contribution in [1.29, 1.82) is 0 Å². The van der Waals surface area contributed by atoms with Gasteiger partial charge >= 0.3 is 0 Å². The molecule has 1 aliphatic heterocycles. The van der Waals surface area contributed by atoms with Gasteiger partial charge in [-0.15, -0.1) is 0 Å². The van der Waals surface area contributed by atoms with Crippen LogP contribution >= 0.6 is 23.2 Å². The highest BCUT2D eigenvalue weighted by atomic mass is 35.5. The van der Waals surface area contributed by atoms with E-state index in [9.17, 15) is 14.4 Å². The number of anilines is 1. The minimum Gasteiger partial charge on any atom is -0.486 e. The smallest absolute Gasteiger partial charge is 0.253 e. The van der Waals surface area contributed by atoms with Crippen LogP contribution in [-0.2, 0) is 9.59 Å². The molecule has 0 saturated carbocycles. The zero-order chi connectivity index (χ0) is 23.3. The van der Waals surface area contributed by atoms with E-state index in [1.54, 1.807) is 44.2 Å². The lowest BCUT2D eigenvalue weighted by Crippen LogP contribution is -2.49. The SMILES string of the molecule is CCN(CC(=O)Nc1ccc2c(c1)OCCO2)C(=O)C(C)NC(=O)c1cccc(Cl)c1Cl. The lowest BCUT2D eigenvalue weighted by molar-refractivity contribution is -0.135. The molecule has 1 atom stereocenters. The Labute approximate surface area is 195 Å². The summed E-state index contributed by atoms with van der Waals surface area (Å²) in [5.74, 6) is -0.155. The molecule has 10 heteroatoms. The van der Waals surface area contributed by atoms with E-state index >= 15 is 0 Å². The van der Waals surface area contributed by atoms with Crippen LogP contribution in [0.3, 0.4) is 0 Å². The molecule has 0 saturated heterocycles. The quantitative estimate of drug-likeness (QED) is 0.634. The maximum Gasteiger partial charge on any atom is 0.253 e. The third-order valence-electron chi connectivity index (χ3n) is 4.77. The minimum atomic E-state index is -0.875. The fourth-order valence-electron chi connectivity index (χ4n) is 3.13. The predicted molar refractivity (Wildman–Crippen MR) is 122 cm³/mol. The Morgan fingerprint density at radius 2 is 1.81 bits per heavy atom. The van der Waals surface area contributed by atoms with Crippen LogP contribution in [0.15, 0.2) is 36.4 Å². The molecule has 170 valence electrons. The van der Waals surface area contributed by atoms with Gasteiger partial charge in [-0.2, -0.15) is 0 Å². The lowest BCUT2D eigenvalue weighted by atomic mass is 10.2. The molecule has 0 fully saturated rings. The first-order chi connectivity index (χ1) is 15.3. The van der Waals surface area contributed by atoms with E-state index < -0.39 is 17.9 Å². The standard InChI is InChI=1S/C22H23Cl2N3O5/c1-3-27(12-19(28)26-14-7-8-17-18(11-14)32-10-9-31-17)22(30)13(2)25-21(29)15-5-4-6-16(23)20(15)24/h4-8,11,13H,3,9-10,12H2,1-2H3,(H,25,29)(H,26,28). The molecule has 2 N–H and O–H groups in total. The van der Waals surface area contributed by atoms with E-state index in [2.05, 4.69) is 10.6 Å². The third kappa shape index (κ3) is 5.63. The maximum absolute atomic E-state index is 12.8. The molecule has 1 unspecified atom stereocenters. The Hall–Kier alpha value is -2.97. The number of halogens is 2. The topological polar surface area (TPSA) is 97.0 Å². The number of fused-ring (bicyclic) bond motifs is 1. The first kappa shape index (κ1) is 23.7. The summed E-state index contributed by atoms with van der Waals surface area (Å²) < 4.78 is 11.0. The molecule has 0 bridgehead atoms. The second-order valence-electron chi connectivity index (χ2n) is 7.06. The number of benzene rings is 2. The van der Waals surface area contributed by atoms with Crippen LogP contribution in [0.2, 0.25) is 10.0 Å². The number of carbonyl (C=O) groups is 3. The number of nitrogens with zero attached hydrogens (tertiary/aromatic N) is 1. The molecule has 3 rings (SSSR count). The lowest BCUT2D eigenvalue weighted by Gasteiger charge is -2.25.